The molecule has 0 spiro atoms. The van der Waals surface area contributed by atoms with Crippen LogP contribution in [0.3, 0.4) is 0 Å². The minimum atomic E-state index is -1.54. The maximum absolute atomic E-state index is 13.8. The third-order valence-electron chi connectivity index (χ3n) is 3.01. The van der Waals surface area contributed by atoms with Crippen molar-refractivity contribution >= 4 is 22.2 Å². The van der Waals surface area contributed by atoms with Crippen LogP contribution < -0.4 is 0 Å². The third-order valence-corrected chi connectivity index (χ3v) is 3.90. The van der Waals surface area contributed by atoms with Gasteiger partial charge in [0.15, 0.2) is 17.5 Å². The Labute approximate surface area is 116 Å². The summed E-state index contributed by atoms with van der Waals surface area (Å²) >= 11 is 1.36. The number of pyridine rings is 1. The molecule has 0 bridgehead atoms. The maximum Gasteiger partial charge on any atom is 0.196 e. The number of aromatic nitrogens is 1. The second kappa shape index (κ2) is 4.88. The molecular formula is C14H8F3NOS. The van der Waals surface area contributed by atoms with Gasteiger partial charge < -0.3 is 5.11 Å². The molecule has 20 heavy (non-hydrogen) atoms. The Hall–Kier alpha value is -1.92. The van der Waals surface area contributed by atoms with Gasteiger partial charge in [-0.15, -0.1) is 11.3 Å². The summed E-state index contributed by atoms with van der Waals surface area (Å²) in [5.41, 5.74) is 0.667. The minimum absolute atomic E-state index is 0.149. The van der Waals surface area contributed by atoms with E-state index >= 15 is 0 Å². The molecule has 2 aromatic heterocycles. The lowest BCUT2D eigenvalue weighted by atomic mass is 10.0. The van der Waals surface area contributed by atoms with Gasteiger partial charge in [-0.2, -0.15) is 0 Å². The molecular weight excluding hydrogens is 287 g/mol. The quantitative estimate of drug-likeness (QED) is 0.728. The first-order chi connectivity index (χ1) is 9.63. The topological polar surface area (TPSA) is 33.1 Å². The highest BCUT2D eigenvalue weighted by Gasteiger charge is 2.19. The molecule has 0 unspecified atom stereocenters. The van der Waals surface area contributed by atoms with Crippen LogP contribution in [0, 0.1) is 17.5 Å². The van der Waals surface area contributed by atoms with Crippen molar-refractivity contribution in [1.82, 2.24) is 4.98 Å². The molecule has 0 saturated heterocycles. The van der Waals surface area contributed by atoms with E-state index in [0.29, 0.717) is 11.1 Å². The summed E-state index contributed by atoms with van der Waals surface area (Å²) in [5.74, 6) is -4.13. The number of nitrogens with zero attached hydrogens (tertiary/aromatic N) is 1. The second-order valence-electron chi connectivity index (χ2n) is 4.18. The second-order valence-corrected chi connectivity index (χ2v) is 5.12. The van der Waals surface area contributed by atoms with Gasteiger partial charge in [0.05, 0.1) is 6.61 Å². The van der Waals surface area contributed by atoms with E-state index in [-0.39, 0.29) is 17.5 Å². The van der Waals surface area contributed by atoms with E-state index in [9.17, 15) is 18.3 Å². The molecule has 102 valence electrons. The zero-order chi connectivity index (χ0) is 14.3. The fourth-order valence-corrected chi connectivity index (χ4v) is 2.93. The van der Waals surface area contributed by atoms with Gasteiger partial charge >= 0.3 is 0 Å². The van der Waals surface area contributed by atoms with Gasteiger partial charge in [0.25, 0.3) is 0 Å². The fraction of sp³-hybridized carbons (Fsp3) is 0.0714. The summed E-state index contributed by atoms with van der Waals surface area (Å²) in [6.45, 7) is -0.323. The third kappa shape index (κ3) is 1.88. The van der Waals surface area contributed by atoms with Gasteiger partial charge in [-0.1, -0.05) is 6.07 Å². The normalized spacial score (nSPS) is 11.2. The summed E-state index contributed by atoms with van der Waals surface area (Å²) in [7, 11) is 0. The predicted octanol–water partition coefficient (Wildman–Crippen LogP) is 3.87. The number of halogens is 3. The maximum atomic E-state index is 13.8. The zero-order valence-electron chi connectivity index (χ0n) is 10.0. The van der Waals surface area contributed by atoms with E-state index in [0.717, 1.165) is 10.9 Å². The van der Waals surface area contributed by atoms with Crippen LogP contribution in [0.1, 0.15) is 5.56 Å². The van der Waals surface area contributed by atoms with Gasteiger partial charge in [0.1, 0.15) is 5.52 Å². The molecule has 3 aromatic rings. The SMILES string of the molecule is OCc1cnc2c(F)c(F)c(F)cc2c1-c1cccs1. The predicted molar refractivity (Wildman–Crippen MR) is 70.9 cm³/mol. The molecule has 0 saturated carbocycles. The van der Waals surface area contributed by atoms with Crippen molar-refractivity contribution in [3.8, 4) is 10.4 Å². The van der Waals surface area contributed by atoms with Crippen LogP contribution in [-0.2, 0) is 6.61 Å². The van der Waals surface area contributed by atoms with Crippen LogP contribution in [0.2, 0.25) is 0 Å². The van der Waals surface area contributed by atoms with Crippen LogP contribution in [-0.4, -0.2) is 10.1 Å². The average molecular weight is 295 g/mol. The Bertz CT molecular complexity index is 787. The molecule has 0 aliphatic carbocycles. The molecule has 0 radical (unpaired) electrons. The van der Waals surface area contributed by atoms with Crippen molar-refractivity contribution in [3.63, 3.8) is 0 Å². The summed E-state index contributed by atoms with van der Waals surface area (Å²) in [6, 6.07) is 4.45. The van der Waals surface area contributed by atoms with Gasteiger partial charge in [0, 0.05) is 27.6 Å². The number of fused-ring (bicyclic) bond motifs is 1. The van der Waals surface area contributed by atoms with Crippen molar-refractivity contribution in [1.29, 1.82) is 0 Å². The van der Waals surface area contributed by atoms with Crippen LogP contribution in [0.5, 0.6) is 0 Å². The number of aliphatic hydroxyl groups is 1. The lowest BCUT2D eigenvalue weighted by molar-refractivity contribution is 0.282. The molecule has 2 nitrogen and oxygen atoms in total. The van der Waals surface area contributed by atoms with Gasteiger partial charge in [-0.3, -0.25) is 4.98 Å². The highest BCUT2D eigenvalue weighted by atomic mass is 32.1. The molecule has 0 atom stereocenters. The summed E-state index contributed by atoms with van der Waals surface area (Å²) in [6.07, 6.45) is 1.28. The largest absolute Gasteiger partial charge is 0.392 e. The van der Waals surface area contributed by atoms with E-state index in [4.69, 9.17) is 0 Å². The summed E-state index contributed by atoms with van der Waals surface area (Å²) in [5, 5.41) is 11.3. The molecule has 1 aromatic carbocycles. The molecule has 0 amide bonds. The summed E-state index contributed by atoms with van der Waals surface area (Å²) < 4.78 is 40.5. The van der Waals surface area contributed by atoms with Crippen molar-refractivity contribution < 1.29 is 18.3 Å². The minimum Gasteiger partial charge on any atom is -0.392 e. The molecule has 0 fully saturated rings. The van der Waals surface area contributed by atoms with E-state index in [1.165, 1.54) is 17.5 Å². The number of benzene rings is 1. The Morgan fingerprint density at radius 1 is 1.20 bits per heavy atom. The Morgan fingerprint density at radius 3 is 2.65 bits per heavy atom. The molecule has 2 heterocycles. The van der Waals surface area contributed by atoms with Crippen molar-refractivity contribution in [3.05, 3.63) is 52.8 Å². The highest BCUT2D eigenvalue weighted by Crippen LogP contribution is 2.36. The van der Waals surface area contributed by atoms with Crippen molar-refractivity contribution in [2.75, 3.05) is 0 Å². The smallest absolute Gasteiger partial charge is 0.196 e. The van der Waals surface area contributed by atoms with Gasteiger partial charge in [-0.25, -0.2) is 13.2 Å². The highest BCUT2D eigenvalue weighted by molar-refractivity contribution is 7.13. The number of hydrogen-bond acceptors (Lipinski definition) is 3. The molecule has 6 heteroatoms. The lowest BCUT2D eigenvalue weighted by Gasteiger charge is -2.10. The summed E-state index contributed by atoms with van der Waals surface area (Å²) in [4.78, 5) is 4.52. The van der Waals surface area contributed by atoms with E-state index < -0.39 is 17.5 Å². The molecule has 0 aliphatic rings. The molecule has 1 N–H and O–H groups in total. The first kappa shape index (κ1) is 13.1. The first-order valence-corrected chi connectivity index (χ1v) is 6.61. The number of aliphatic hydroxyl groups excluding tert-OH is 1. The van der Waals surface area contributed by atoms with E-state index in [1.54, 1.807) is 17.5 Å². The Kier molecular flexibility index (Phi) is 3.19. The average Bonchev–Trinajstić information content (AvgIpc) is 2.97. The number of rotatable bonds is 2. The Balaban J connectivity index is 2.47. The van der Waals surface area contributed by atoms with Crippen molar-refractivity contribution in [2.24, 2.45) is 0 Å². The number of thiophene rings is 1. The fourth-order valence-electron chi connectivity index (χ4n) is 2.11. The van der Waals surface area contributed by atoms with Gasteiger partial charge in [-0.05, 0) is 17.5 Å². The number of hydrogen-bond donors (Lipinski definition) is 1. The van der Waals surface area contributed by atoms with Crippen molar-refractivity contribution in [2.45, 2.75) is 6.61 Å². The lowest BCUT2D eigenvalue weighted by Crippen LogP contribution is -1.99. The van der Waals surface area contributed by atoms with Gasteiger partial charge in [0.2, 0.25) is 0 Å². The monoisotopic (exact) mass is 295 g/mol. The van der Waals surface area contributed by atoms with Crippen LogP contribution in [0.4, 0.5) is 13.2 Å². The standard InChI is InChI=1S/C14H8F3NOS/c15-9-4-8-11(10-2-1-3-20-10)7(6-19)5-18-14(8)13(17)12(9)16/h1-5,19H,6H2. The van der Waals surface area contributed by atoms with Crippen LogP contribution in [0.15, 0.2) is 29.8 Å². The Morgan fingerprint density at radius 2 is 2.00 bits per heavy atom. The van der Waals surface area contributed by atoms with E-state index in [1.807, 2.05) is 0 Å². The first-order valence-electron chi connectivity index (χ1n) is 5.73. The molecule has 0 aliphatic heterocycles. The van der Waals surface area contributed by atoms with Crippen LogP contribution >= 0.6 is 11.3 Å². The zero-order valence-corrected chi connectivity index (χ0v) is 10.8. The van der Waals surface area contributed by atoms with E-state index in [2.05, 4.69) is 4.98 Å². The molecule has 3 rings (SSSR count). The van der Waals surface area contributed by atoms with Crippen LogP contribution in [0.25, 0.3) is 21.3 Å².